The molecule has 0 amide bonds. The number of fused-ring (bicyclic) bond motifs is 2. The van der Waals surface area contributed by atoms with Crippen LogP contribution in [0.1, 0.15) is 36.3 Å². The van der Waals surface area contributed by atoms with Crippen molar-refractivity contribution in [1.29, 1.82) is 0 Å². The Morgan fingerprint density at radius 3 is 2.75 bits per heavy atom. The number of anilines is 2. The lowest BCUT2D eigenvalue weighted by molar-refractivity contribution is 0.0912. The van der Waals surface area contributed by atoms with Crippen LogP contribution in [0.25, 0.3) is 22.2 Å². The maximum atomic E-state index is 13.0. The van der Waals surface area contributed by atoms with Gasteiger partial charge in [0.15, 0.2) is 5.78 Å². The summed E-state index contributed by atoms with van der Waals surface area (Å²) in [4.78, 5) is 20.7. The first-order valence-corrected chi connectivity index (χ1v) is 9.39. The highest BCUT2D eigenvalue weighted by atomic mass is 16.1. The molecular formula is C22H21N5O. The zero-order chi connectivity index (χ0) is 19.3. The van der Waals surface area contributed by atoms with Crippen molar-refractivity contribution in [3.05, 3.63) is 60.2 Å². The summed E-state index contributed by atoms with van der Waals surface area (Å²) in [5, 5.41) is 11.6. The number of hydrogen-bond donors (Lipinski definition) is 3. The van der Waals surface area contributed by atoms with Crippen LogP contribution in [0, 0.1) is 5.41 Å². The first-order valence-electron chi connectivity index (χ1n) is 9.39. The number of nitrogens with zero attached hydrogens (tertiary/aromatic N) is 2. The molecule has 140 valence electrons. The maximum Gasteiger partial charge on any atom is 0.167 e. The molecule has 28 heavy (non-hydrogen) atoms. The maximum absolute atomic E-state index is 13.0. The molecule has 0 bridgehead atoms. The Labute approximate surface area is 162 Å². The van der Waals surface area contributed by atoms with Gasteiger partial charge in [-0.15, -0.1) is 0 Å². The molecule has 0 unspecified atom stereocenters. The van der Waals surface area contributed by atoms with E-state index in [1.165, 1.54) is 0 Å². The molecule has 1 aromatic carbocycles. The van der Waals surface area contributed by atoms with E-state index in [0.717, 1.165) is 51.2 Å². The van der Waals surface area contributed by atoms with Crippen molar-refractivity contribution in [2.24, 2.45) is 5.41 Å². The Morgan fingerprint density at radius 1 is 1.11 bits per heavy atom. The predicted octanol–water partition coefficient (Wildman–Crippen LogP) is 4.85. The van der Waals surface area contributed by atoms with E-state index in [0.29, 0.717) is 6.42 Å². The zero-order valence-corrected chi connectivity index (χ0v) is 15.8. The highest BCUT2D eigenvalue weighted by Gasteiger charge is 2.35. The van der Waals surface area contributed by atoms with Gasteiger partial charge in [0.2, 0.25) is 0 Å². The van der Waals surface area contributed by atoms with Crippen molar-refractivity contribution in [2.45, 2.75) is 26.7 Å². The first kappa shape index (κ1) is 16.7. The monoisotopic (exact) mass is 371 g/mol. The Kier molecular flexibility index (Phi) is 3.62. The van der Waals surface area contributed by atoms with E-state index >= 15 is 0 Å². The number of aromatic amines is 2. The van der Waals surface area contributed by atoms with E-state index in [1.807, 2.05) is 30.3 Å². The van der Waals surface area contributed by atoms with E-state index < -0.39 is 0 Å². The van der Waals surface area contributed by atoms with Gasteiger partial charge in [0.1, 0.15) is 0 Å². The lowest BCUT2D eigenvalue weighted by Crippen LogP contribution is -2.26. The molecule has 0 saturated carbocycles. The molecule has 0 saturated heterocycles. The largest absolute Gasteiger partial charge is 0.356 e. The fraction of sp³-hybridized carbons (Fsp3) is 0.227. The predicted molar refractivity (Wildman–Crippen MR) is 110 cm³/mol. The second-order valence-corrected chi connectivity index (χ2v) is 8.20. The van der Waals surface area contributed by atoms with Gasteiger partial charge in [-0.2, -0.15) is 5.10 Å². The number of pyridine rings is 1. The second kappa shape index (κ2) is 6.05. The number of carbonyl (C=O) groups excluding carboxylic acids is 1. The van der Waals surface area contributed by atoms with Gasteiger partial charge < -0.3 is 10.3 Å². The van der Waals surface area contributed by atoms with Crippen molar-refractivity contribution in [3.63, 3.8) is 0 Å². The third-order valence-corrected chi connectivity index (χ3v) is 5.33. The van der Waals surface area contributed by atoms with Crippen molar-refractivity contribution in [1.82, 2.24) is 20.2 Å². The molecule has 6 nitrogen and oxygen atoms in total. The van der Waals surface area contributed by atoms with Crippen LogP contribution in [0.2, 0.25) is 0 Å². The molecule has 0 fully saturated rings. The molecular weight excluding hydrogens is 350 g/mol. The number of nitrogens with one attached hydrogen (secondary N) is 3. The van der Waals surface area contributed by atoms with Gasteiger partial charge in [-0.3, -0.25) is 14.9 Å². The molecule has 3 N–H and O–H groups in total. The van der Waals surface area contributed by atoms with Crippen LogP contribution < -0.4 is 5.32 Å². The molecule has 0 atom stereocenters. The van der Waals surface area contributed by atoms with Crippen molar-refractivity contribution < 1.29 is 4.79 Å². The van der Waals surface area contributed by atoms with Gasteiger partial charge in [-0.25, -0.2) is 0 Å². The molecule has 5 rings (SSSR count). The van der Waals surface area contributed by atoms with Crippen LogP contribution in [0.4, 0.5) is 11.4 Å². The lowest BCUT2D eigenvalue weighted by Gasteiger charge is -2.28. The highest BCUT2D eigenvalue weighted by molar-refractivity contribution is 6.07. The van der Waals surface area contributed by atoms with Gasteiger partial charge in [0.25, 0.3) is 0 Å². The molecule has 0 aliphatic heterocycles. The minimum atomic E-state index is -0.0451. The van der Waals surface area contributed by atoms with E-state index in [1.54, 1.807) is 18.6 Å². The minimum absolute atomic E-state index is 0.0451. The van der Waals surface area contributed by atoms with Crippen LogP contribution in [0.5, 0.6) is 0 Å². The summed E-state index contributed by atoms with van der Waals surface area (Å²) < 4.78 is 0. The van der Waals surface area contributed by atoms with E-state index in [4.69, 9.17) is 0 Å². The number of aromatic nitrogens is 4. The normalized spacial score (nSPS) is 15.6. The molecule has 4 aromatic rings. The summed E-state index contributed by atoms with van der Waals surface area (Å²) in [6, 6.07) is 9.93. The first-order chi connectivity index (χ1) is 13.5. The highest BCUT2D eigenvalue weighted by Crippen LogP contribution is 2.43. The smallest absolute Gasteiger partial charge is 0.167 e. The second-order valence-electron chi connectivity index (χ2n) is 8.20. The van der Waals surface area contributed by atoms with Crippen LogP contribution in [-0.2, 0) is 6.42 Å². The van der Waals surface area contributed by atoms with E-state index in [-0.39, 0.29) is 11.2 Å². The topological polar surface area (TPSA) is 86.5 Å². The third kappa shape index (κ3) is 2.78. The molecule has 3 aromatic heterocycles. The van der Waals surface area contributed by atoms with Crippen LogP contribution in [-0.4, -0.2) is 25.9 Å². The summed E-state index contributed by atoms with van der Waals surface area (Å²) in [6.45, 7) is 4.28. The van der Waals surface area contributed by atoms with Gasteiger partial charge in [-0.05, 0) is 42.2 Å². The molecule has 0 spiro atoms. The van der Waals surface area contributed by atoms with Crippen LogP contribution in [0.3, 0.4) is 0 Å². The molecule has 3 heterocycles. The summed E-state index contributed by atoms with van der Waals surface area (Å²) >= 11 is 0. The Hall–Kier alpha value is -3.41. The summed E-state index contributed by atoms with van der Waals surface area (Å²) in [5.74, 6) is 0.174. The quantitative estimate of drug-likeness (QED) is 0.480. The van der Waals surface area contributed by atoms with Crippen LogP contribution >= 0.6 is 0 Å². The van der Waals surface area contributed by atoms with Gasteiger partial charge in [-0.1, -0.05) is 13.8 Å². The average Bonchev–Trinajstić information content (AvgIpc) is 3.26. The van der Waals surface area contributed by atoms with Gasteiger partial charge in [0.05, 0.1) is 28.7 Å². The van der Waals surface area contributed by atoms with E-state index in [9.17, 15) is 4.79 Å². The Morgan fingerprint density at radius 2 is 1.93 bits per heavy atom. The summed E-state index contributed by atoms with van der Waals surface area (Å²) in [6.07, 6.45) is 6.71. The van der Waals surface area contributed by atoms with Crippen LogP contribution in [0.15, 0.2) is 48.9 Å². The average molecular weight is 371 g/mol. The van der Waals surface area contributed by atoms with Gasteiger partial charge in [0, 0.05) is 41.1 Å². The minimum Gasteiger partial charge on any atom is -0.356 e. The number of H-pyrrole nitrogens is 2. The van der Waals surface area contributed by atoms with Crippen molar-refractivity contribution in [3.8, 4) is 11.3 Å². The third-order valence-electron chi connectivity index (χ3n) is 5.33. The number of Topliss-reactive ketones (excluding diaryl/α,β-unsaturated/α-hetero) is 1. The fourth-order valence-corrected chi connectivity index (χ4v) is 4.08. The Balaban J connectivity index is 1.66. The van der Waals surface area contributed by atoms with Gasteiger partial charge >= 0.3 is 0 Å². The number of hydrogen-bond acceptors (Lipinski definition) is 4. The number of ketones is 1. The summed E-state index contributed by atoms with van der Waals surface area (Å²) in [5.41, 5.74) is 6.34. The zero-order valence-electron chi connectivity index (χ0n) is 15.8. The number of benzene rings is 1. The SMILES string of the molecule is CC1(C)CC(=O)c2c([nH]c(-c3ccncc3)c2Nc2ccc3cn[nH]c3c2)C1. The molecule has 6 heteroatoms. The lowest BCUT2D eigenvalue weighted by atomic mass is 9.76. The molecule has 1 aliphatic rings. The van der Waals surface area contributed by atoms with E-state index in [2.05, 4.69) is 39.3 Å². The fourth-order valence-electron chi connectivity index (χ4n) is 4.08. The standard InChI is InChI=1S/C22H21N5O/c1-22(2)10-17-19(18(28)11-22)21(20(26-17)13-5-7-23-8-6-13)25-15-4-3-14-12-24-27-16(14)9-15/h3-9,12,25-26H,10-11H2,1-2H3,(H,24,27). The number of carbonyl (C=O) groups is 1. The number of rotatable bonds is 3. The Bertz CT molecular complexity index is 1190. The van der Waals surface area contributed by atoms with Crippen molar-refractivity contribution in [2.75, 3.05) is 5.32 Å². The molecule has 1 aliphatic carbocycles. The van der Waals surface area contributed by atoms with Crippen molar-refractivity contribution >= 4 is 28.1 Å². The molecule has 0 radical (unpaired) electrons. The summed E-state index contributed by atoms with van der Waals surface area (Å²) in [7, 11) is 0.